The van der Waals surface area contributed by atoms with Crippen LogP contribution in [-0.2, 0) is 4.74 Å². The normalized spacial score (nSPS) is 28.2. The molecule has 1 unspecified atom stereocenters. The smallest absolute Gasteiger partial charge is 0.411 e. The lowest BCUT2D eigenvalue weighted by Gasteiger charge is -2.43. The van der Waals surface area contributed by atoms with Gasteiger partial charge >= 0.3 is 6.09 Å². The van der Waals surface area contributed by atoms with Crippen LogP contribution in [0.4, 0.5) is 14.9 Å². The average Bonchev–Trinajstić information content (AvgIpc) is 2.43. The van der Waals surface area contributed by atoms with Gasteiger partial charge in [-0.1, -0.05) is 0 Å². The number of halogens is 2. The standard InChI is InChI=1S/C14H16BrFN2O2/c15-11-7-10(16)1-2-12(11)17-14(19)20-13-8-18-5-3-9(13)4-6-18/h1-2,7,9,13H,3-6,8H2,(H,17,19). The molecule has 3 aliphatic heterocycles. The number of hydrogen-bond acceptors (Lipinski definition) is 3. The predicted molar refractivity (Wildman–Crippen MR) is 77.2 cm³/mol. The van der Waals surface area contributed by atoms with Crippen molar-refractivity contribution in [2.24, 2.45) is 5.92 Å². The Balaban J connectivity index is 1.59. The summed E-state index contributed by atoms with van der Waals surface area (Å²) >= 11 is 3.21. The number of hydrogen-bond donors (Lipinski definition) is 1. The quantitative estimate of drug-likeness (QED) is 0.897. The number of fused-ring (bicyclic) bond motifs is 3. The van der Waals surface area contributed by atoms with Gasteiger partial charge in [0.15, 0.2) is 0 Å². The summed E-state index contributed by atoms with van der Waals surface area (Å²) in [4.78, 5) is 14.3. The van der Waals surface area contributed by atoms with Gasteiger partial charge in [0, 0.05) is 11.0 Å². The van der Waals surface area contributed by atoms with E-state index >= 15 is 0 Å². The van der Waals surface area contributed by atoms with E-state index in [0.29, 0.717) is 16.1 Å². The Hall–Kier alpha value is -1.14. The number of rotatable bonds is 2. The van der Waals surface area contributed by atoms with Crippen molar-refractivity contribution in [3.63, 3.8) is 0 Å². The molecular weight excluding hydrogens is 327 g/mol. The predicted octanol–water partition coefficient (Wildman–Crippen LogP) is 3.23. The van der Waals surface area contributed by atoms with Crippen molar-refractivity contribution in [2.45, 2.75) is 18.9 Å². The Bertz CT molecular complexity index is 518. The van der Waals surface area contributed by atoms with Crippen molar-refractivity contribution in [1.82, 2.24) is 4.90 Å². The number of nitrogens with zero attached hydrogens (tertiary/aromatic N) is 1. The topological polar surface area (TPSA) is 41.6 Å². The number of piperidine rings is 3. The minimum absolute atomic E-state index is 0.0308. The minimum Gasteiger partial charge on any atom is -0.444 e. The van der Waals surface area contributed by atoms with Crippen LogP contribution in [0.15, 0.2) is 22.7 Å². The molecule has 1 N–H and O–H groups in total. The second-order valence-electron chi connectivity index (χ2n) is 5.33. The van der Waals surface area contributed by atoms with Gasteiger partial charge in [0.05, 0.1) is 5.69 Å². The van der Waals surface area contributed by atoms with Crippen LogP contribution in [0, 0.1) is 11.7 Å². The molecule has 1 aromatic carbocycles. The van der Waals surface area contributed by atoms with Crippen molar-refractivity contribution in [3.05, 3.63) is 28.5 Å². The van der Waals surface area contributed by atoms with Crippen molar-refractivity contribution < 1.29 is 13.9 Å². The van der Waals surface area contributed by atoms with E-state index in [0.717, 1.165) is 32.5 Å². The SMILES string of the molecule is O=C(Nc1ccc(F)cc1Br)OC1CN2CCC1CC2. The summed E-state index contributed by atoms with van der Waals surface area (Å²) < 4.78 is 19.0. The Morgan fingerprint density at radius 1 is 1.40 bits per heavy atom. The molecule has 1 amide bonds. The second-order valence-corrected chi connectivity index (χ2v) is 6.19. The van der Waals surface area contributed by atoms with Crippen LogP contribution in [0.2, 0.25) is 0 Å². The van der Waals surface area contributed by atoms with Gasteiger partial charge in [-0.05, 0) is 66.0 Å². The molecule has 3 fully saturated rings. The molecule has 1 aromatic rings. The van der Waals surface area contributed by atoms with E-state index in [2.05, 4.69) is 26.1 Å². The maximum Gasteiger partial charge on any atom is 0.411 e. The lowest BCUT2D eigenvalue weighted by Crippen LogP contribution is -2.52. The molecule has 1 atom stereocenters. The van der Waals surface area contributed by atoms with Gasteiger partial charge in [0.25, 0.3) is 0 Å². The molecule has 0 spiro atoms. The largest absolute Gasteiger partial charge is 0.444 e. The molecule has 20 heavy (non-hydrogen) atoms. The van der Waals surface area contributed by atoms with Gasteiger partial charge in [0.1, 0.15) is 11.9 Å². The molecule has 108 valence electrons. The van der Waals surface area contributed by atoms with Gasteiger partial charge < -0.3 is 4.74 Å². The highest BCUT2D eigenvalue weighted by molar-refractivity contribution is 9.10. The van der Waals surface area contributed by atoms with Gasteiger partial charge in [-0.3, -0.25) is 10.2 Å². The second kappa shape index (κ2) is 5.69. The first kappa shape index (κ1) is 13.8. The third-order valence-corrected chi connectivity index (χ3v) is 4.68. The summed E-state index contributed by atoms with van der Waals surface area (Å²) in [5, 5.41) is 2.65. The number of ether oxygens (including phenoxy) is 1. The molecular formula is C14H16BrFN2O2. The summed E-state index contributed by atoms with van der Waals surface area (Å²) in [5.41, 5.74) is 0.512. The molecule has 6 heteroatoms. The summed E-state index contributed by atoms with van der Waals surface area (Å²) in [6.07, 6.45) is 1.68. The van der Waals surface area contributed by atoms with Gasteiger partial charge in [-0.25, -0.2) is 9.18 Å². The van der Waals surface area contributed by atoms with Crippen molar-refractivity contribution in [3.8, 4) is 0 Å². The number of benzene rings is 1. The molecule has 4 nitrogen and oxygen atoms in total. The van der Waals surface area contributed by atoms with E-state index in [9.17, 15) is 9.18 Å². The van der Waals surface area contributed by atoms with Crippen LogP contribution in [0.1, 0.15) is 12.8 Å². The number of amides is 1. The molecule has 0 saturated carbocycles. The Morgan fingerprint density at radius 2 is 2.15 bits per heavy atom. The van der Waals surface area contributed by atoms with Crippen LogP contribution in [-0.4, -0.2) is 36.7 Å². The number of anilines is 1. The highest BCUT2D eigenvalue weighted by Crippen LogP contribution is 2.30. The lowest BCUT2D eigenvalue weighted by atomic mass is 9.86. The fourth-order valence-electron chi connectivity index (χ4n) is 2.91. The highest BCUT2D eigenvalue weighted by Gasteiger charge is 2.36. The zero-order valence-electron chi connectivity index (χ0n) is 10.9. The highest BCUT2D eigenvalue weighted by atomic mass is 79.9. The van der Waals surface area contributed by atoms with E-state index in [1.165, 1.54) is 18.2 Å². The number of nitrogens with one attached hydrogen (secondary N) is 1. The van der Waals surface area contributed by atoms with Crippen LogP contribution in [0.5, 0.6) is 0 Å². The Morgan fingerprint density at radius 3 is 2.75 bits per heavy atom. The van der Waals surface area contributed by atoms with E-state index in [4.69, 9.17) is 4.74 Å². The summed E-state index contributed by atoms with van der Waals surface area (Å²) in [7, 11) is 0. The van der Waals surface area contributed by atoms with E-state index in [1.807, 2.05) is 0 Å². The molecule has 3 saturated heterocycles. The first-order valence-electron chi connectivity index (χ1n) is 6.77. The summed E-state index contributed by atoms with van der Waals surface area (Å²) in [5.74, 6) is 0.121. The van der Waals surface area contributed by atoms with Crippen LogP contribution >= 0.6 is 15.9 Å². The zero-order chi connectivity index (χ0) is 14.1. The third-order valence-electron chi connectivity index (χ3n) is 4.02. The molecule has 0 aliphatic carbocycles. The molecule has 3 aliphatic rings. The van der Waals surface area contributed by atoms with Crippen LogP contribution in [0.3, 0.4) is 0 Å². The molecule has 4 rings (SSSR count). The van der Waals surface area contributed by atoms with Gasteiger partial charge in [0.2, 0.25) is 0 Å². The van der Waals surface area contributed by atoms with E-state index in [1.54, 1.807) is 0 Å². The van der Waals surface area contributed by atoms with E-state index in [-0.39, 0.29) is 11.9 Å². The fourth-order valence-corrected chi connectivity index (χ4v) is 3.36. The third kappa shape index (κ3) is 2.96. The molecule has 2 bridgehead atoms. The van der Waals surface area contributed by atoms with Crippen LogP contribution in [0.25, 0.3) is 0 Å². The zero-order valence-corrected chi connectivity index (χ0v) is 12.5. The van der Waals surface area contributed by atoms with Gasteiger partial charge in [-0.15, -0.1) is 0 Å². The number of carbonyl (C=O) groups excluding carboxylic acids is 1. The monoisotopic (exact) mass is 342 g/mol. The Labute approximate surface area is 125 Å². The first-order valence-corrected chi connectivity index (χ1v) is 7.56. The molecule has 0 aromatic heterocycles. The summed E-state index contributed by atoms with van der Waals surface area (Å²) in [6, 6.07) is 4.12. The van der Waals surface area contributed by atoms with Crippen molar-refractivity contribution >= 4 is 27.7 Å². The summed E-state index contributed by atoms with van der Waals surface area (Å²) in [6.45, 7) is 3.04. The fraction of sp³-hybridized carbons (Fsp3) is 0.500. The lowest BCUT2D eigenvalue weighted by molar-refractivity contribution is -0.0289. The average molecular weight is 343 g/mol. The minimum atomic E-state index is -0.476. The van der Waals surface area contributed by atoms with Crippen molar-refractivity contribution in [2.75, 3.05) is 25.0 Å². The number of carbonyl (C=O) groups is 1. The first-order chi connectivity index (χ1) is 9.61. The van der Waals surface area contributed by atoms with Crippen LogP contribution < -0.4 is 5.32 Å². The Kier molecular flexibility index (Phi) is 3.94. The van der Waals surface area contributed by atoms with Crippen molar-refractivity contribution in [1.29, 1.82) is 0 Å². The maximum atomic E-state index is 13.0. The maximum absolute atomic E-state index is 13.0. The van der Waals surface area contributed by atoms with Gasteiger partial charge in [-0.2, -0.15) is 0 Å². The molecule has 0 radical (unpaired) electrons. The van der Waals surface area contributed by atoms with E-state index < -0.39 is 6.09 Å². The molecule has 3 heterocycles.